The highest BCUT2D eigenvalue weighted by Gasteiger charge is 2.28. The average molecular weight is 271 g/mol. The van der Waals surface area contributed by atoms with Crippen LogP contribution in [0.2, 0.25) is 0 Å². The Balaban J connectivity index is 2.46. The summed E-state index contributed by atoms with van der Waals surface area (Å²) in [4.78, 5) is 35.2. The summed E-state index contributed by atoms with van der Waals surface area (Å²) < 4.78 is 0. The second kappa shape index (κ2) is 7.60. The number of aliphatic carboxylic acids is 1. The van der Waals surface area contributed by atoms with Crippen molar-refractivity contribution >= 4 is 17.9 Å². The molecular formula is C12H21N3O4. The molecular weight excluding hydrogens is 250 g/mol. The fraction of sp³-hybridized carbons (Fsp3) is 0.750. The van der Waals surface area contributed by atoms with Gasteiger partial charge in [0.25, 0.3) is 0 Å². The van der Waals surface area contributed by atoms with Crippen LogP contribution in [0.25, 0.3) is 0 Å². The topological polar surface area (TPSA) is 98.7 Å². The Morgan fingerprint density at radius 2 is 1.89 bits per heavy atom. The van der Waals surface area contributed by atoms with E-state index in [1.54, 1.807) is 0 Å². The number of urea groups is 1. The van der Waals surface area contributed by atoms with Crippen molar-refractivity contribution < 1.29 is 19.5 Å². The lowest BCUT2D eigenvalue weighted by atomic mass is 10.2. The minimum absolute atomic E-state index is 0.00361. The molecule has 0 unspecified atom stereocenters. The van der Waals surface area contributed by atoms with Crippen molar-refractivity contribution in [2.24, 2.45) is 0 Å². The molecule has 3 amide bonds. The summed E-state index contributed by atoms with van der Waals surface area (Å²) in [5, 5.41) is 13.9. The van der Waals surface area contributed by atoms with Crippen LogP contribution in [0.1, 0.15) is 32.1 Å². The van der Waals surface area contributed by atoms with Crippen molar-refractivity contribution in [2.75, 3.05) is 20.1 Å². The van der Waals surface area contributed by atoms with Crippen LogP contribution in [0.15, 0.2) is 0 Å². The second-order valence-electron chi connectivity index (χ2n) is 4.62. The number of carbonyl (C=O) groups excluding carboxylic acids is 2. The smallest absolute Gasteiger partial charge is 0.323 e. The Bertz CT molecular complexity index is 340. The molecule has 0 aromatic heterocycles. The Labute approximate surface area is 112 Å². The molecule has 0 aromatic carbocycles. The van der Waals surface area contributed by atoms with Gasteiger partial charge in [-0.15, -0.1) is 0 Å². The van der Waals surface area contributed by atoms with Gasteiger partial charge in [-0.3, -0.25) is 9.59 Å². The zero-order valence-corrected chi connectivity index (χ0v) is 11.1. The van der Waals surface area contributed by atoms with Crippen LogP contribution in [0.4, 0.5) is 4.79 Å². The summed E-state index contributed by atoms with van der Waals surface area (Å²) in [5.74, 6) is -1.18. The van der Waals surface area contributed by atoms with Gasteiger partial charge in [0, 0.05) is 26.1 Å². The first kappa shape index (κ1) is 15.3. The number of amides is 3. The van der Waals surface area contributed by atoms with Crippen molar-refractivity contribution in [2.45, 2.75) is 38.1 Å². The maximum atomic E-state index is 12.0. The normalized spacial score (nSPS) is 15.0. The summed E-state index contributed by atoms with van der Waals surface area (Å²) in [6.45, 7) is -0.0855. The quantitative estimate of drug-likeness (QED) is 0.641. The predicted molar refractivity (Wildman–Crippen MR) is 68.7 cm³/mol. The molecule has 0 radical (unpaired) electrons. The molecule has 0 heterocycles. The molecule has 0 aliphatic heterocycles. The van der Waals surface area contributed by atoms with Gasteiger partial charge in [-0.1, -0.05) is 12.8 Å². The number of rotatable bonds is 6. The maximum Gasteiger partial charge on any atom is 0.323 e. The molecule has 1 aliphatic rings. The third-order valence-electron chi connectivity index (χ3n) is 3.24. The molecule has 1 fully saturated rings. The molecule has 0 aromatic rings. The first-order valence-corrected chi connectivity index (χ1v) is 6.51. The van der Waals surface area contributed by atoms with Gasteiger partial charge in [0.1, 0.15) is 6.54 Å². The van der Waals surface area contributed by atoms with Gasteiger partial charge in [0.05, 0.1) is 0 Å². The SMILES string of the molecule is CNC(=O)CCNC(=O)N(CC(=O)O)C1CCCC1. The molecule has 7 heteroatoms. The van der Waals surface area contributed by atoms with Crippen LogP contribution >= 0.6 is 0 Å². The Morgan fingerprint density at radius 1 is 1.26 bits per heavy atom. The standard InChI is InChI=1S/C12H21N3O4/c1-13-10(16)6-7-14-12(19)15(8-11(17)18)9-4-2-3-5-9/h9H,2-8H2,1H3,(H,13,16)(H,14,19)(H,17,18). The van der Waals surface area contributed by atoms with Gasteiger partial charge >= 0.3 is 12.0 Å². The highest BCUT2D eigenvalue weighted by Crippen LogP contribution is 2.23. The Hall–Kier alpha value is -1.79. The van der Waals surface area contributed by atoms with Gasteiger partial charge in [-0.25, -0.2) is 4.79 Å². The van der Waals surface area contributed by atoms with Crippen LogP contribution in [-0.4, -0.2) is 54.1 Å². The van der Waals surface area contributed by atoms with E-state index >= 15 is 0 Å². The van der Waals surface area contributed by atoms with Gasteiger partial charge in [-0.2, -0.15) is 0 Å². The van der Waals surface area contributed by atoms with E-state index in [-0.39, 0.29) is 31.5 Å². The lowest BCUT2D eigenvalue weighted by Crippen LogP contribution is -2.48. The molecule has 3 N–H and O–H groups in total. The van der Waals surface area contributed by atoms with Crippen LogP contribution in [0, 0.1) is 0 Å². The first-order valence-electron chi connectivity index (χ1n) is 6.51. The molecule has 7 nitrogen and oxygen atoms in total. The largest absolute Gasteiger partial charge is 0.480 e. The summed E-state index contributed by atoms with van der Waals surface area (Å²) >= 11 is 0. The second-order valence-corrected chi connectivity index (χ2v) is 4.62. The van der Waals surface area contributed by atoms with Gasteiger partial charge < -0.3 is 20.6 Å². The van der Waals surface area contributed by atoms with E-state index in [2.05, 4.69) is 10.6 Å². The molecule has 1 aliphatic carbocycles. The summed E-state index contributed by atoms with van der Waals surface area (Å²) in [6.07, 6.45) is 3.92. The lowest BCUT2D eigenvalue weighted by Gasteiger charge is -2.27. The minimum Gasteiger partial charge on any atom is -0.480 e. The summed E-state index contributed by atoms with van der Waals surface area (Å²) in [7, 11) is 1.53. The van der Waals surface area contributed by atoms with E-state index in [9.17, 15) is 14.4 Å². The number of nitrogens with zero attached hydrogens (tertiary/aromatic N) is 1. The zero-order valence-electron chi connectivity index (χ0n) is 11.1. The van der Waals surface area contributed by atoms with Gasteiger partial charge in [0.2, 0.25) is 5.91 Å². The monoisotopic (exact) mass is 271 g/mol. The maximum absolute atomic E-state index is 12.0. The van der Waals surface area contributed by atoms with Crippen molar-refractivity contribution in [3.63, 3.8) is 0 Å². The fourth-order valence-electron chi connectivity index (χ4n) is 2.24. The van der Waals surface area contributed by atoms with E-state index in [1.807, 2.05) is 0 Å². The highest BCUT2D eigenvalue weighted by molar-refractivity contribution is 5.81. The predicted octanol–water partition coefficient (Wildman–Crippen LogP) is 0.161. The van der Waals surface area contributed by atoms with Crippen LogP contribution < -0.4 is 10.6 Å². The van der Waals surface area contributed by atoms with Crippen LogP contribution in [0.3, 0.4) is 0 Å². The lowest BCUT2D eigenvalue weighted by molar-refractivity contribution is -0.138. The van der Waals surface area contributed by atoms with Crippen molar-refractivity contribution in [3.05, 3.63) is 0 Å². The van der Waals surface area contributed by atoms with E-state index in [4.69, 9.17) is 5.11 Å². The average Bonchev–Trinajstić information content (AvgIpc) is 2.88. The molecule has 1 rings (SSSR count). The number of hydrogen-bond acceptors (Lipinski definition) is 3. The van der Waals surface area contributed by atoms with Gasteiger partial charge in [-0.05, 0) is 12.8 Å². The molecule has 0 spiro atoms. The summed E-state index contributed by atoms with van der Waals surface area (Å²) in [5.41, 5.74) is 0. The van der Waals surface area contributed by atoms with Crippen LogP contribution in [-0.2, 0) is 9.59 Å². The van der Waals surface area contributed by atoms with Crippen molar-refractivity contribution in [3.8, 4) is 0 Å². The van der Waals surface area contributed by atoms with E-state index in [0.717, 1.165) is 25.7 Å². The summed E-state index contributed by atoms with van der Waals surface area (Å²) in [6, 6.07) is -0.408. The van der Waals surface area contributed by atoms with Crippen molar-refractivity contribution in [1.82, 2.24) is 15.5 Å². The Kier molecular flexibility index (Phi) is 6.11. The number of nitrogens with one attached hydrogen (secondary N) is 2. The van der Waals surface area contributed by atoms with Gasteiger partial charge in [0.15, 0.2) is 0 Å². The van der Waals surface area contributed by atoms with Crippen LogP contribution in [0.5, 0.6) is 0 Å². The molecule has 19 heavy (non-hydrogen) atoms. The highest BCUT2D eigenvalue weighted by atomic mass is 16.4. The Morgan fingerprint density at radius 3 is 2.42 bits per heavy atom. The third-order valence-corrected chi connectivity index (χ3v) is 3.24. The number of carbonyl (C=O) groups is 3. The minimum atomic E-state index is -1.02. The molecule has 0 atom stereocenters. The zero-order chi connectivity index (χ0) is 14.3. The third kappa shape index (κ3) is 5.15. The fourth-order valence-corrected chi connectivity index (χ4v) is 2.24. The van der Waals surface area contributed by atoms with E-state index in [1.165, 1.54) is 11.9 Å². The first-order chi connectivity index (χ1) is 9.04. The van der Waals surface area contributed by atoms with E-state index in [0.29, 0.717) is 0 Å². The molecule has 108 valence electrons. The molecule has 1 saturated carbocycles. The molecule has 0 bridgehead atoms. The van der Waals surface area contributed by atoms with Crippen molar-refractivity contribution in [1.29, 1.82) is 0 Å². The number of hydrogen-bond donors (Lipinski definition) is 3. The number of carboxylic acids is 1. The number of carboxylic acid groups (broad SMARTS) is 1. The van der Waals surface area contributed by atoms with E-state index < -0.39 is 12.0 Å². The molecule has 0 saturated heterocycles.